The van der Waals surface area contributed by atoms with E-state index in [-0.39, 0.29) is 31.0 Å². The van der Waals surface area contributed by atoms with Crippen molar-refractivity contribution in [2.75, 3.05) is 23.9 Å². The molecule has 9 nitrogen and oxygen atoms in total. The van der Waals surface area contributed by atoms with Crippen molar-refractivity contribution >= 4 is 39.1 Å². The van der Waals surface area contributed by atoms with Gasteiger partial charge < -0.3 is 19.7 Å². The average molecular weight is 524 g/mol. The third-order valence-electron chi connectivity index (χ3n) is 5.76. The van der Waals surface area contributed by atoms with Gasteiger partial charge in [0.2, 0.25) is 28.6 Å². The van der Waals surface area contributed by atoms with Gasteiger partial charge in [-0.1, -0.05) is 30.7 Å². The largest absolute Gasteiger partial charge is 0.454 e. The molecule has 0 fully saturated rings. The van der Waals surface area contributed by atoms with Gasteiger partial charge >= 0.3 is 0 Å². The van der Waals surface area contributed by atoms with Gasteiger partial charge in [0.1, 0.15) is 12.6 Å². The van der Waals surface area contributed by atoms with Crippen molar-refractivity contribution in [3.63, 3.8) is 0 Å². The van der Waals surface area contributed by atoms with E-state index in [1.165, 1.54) is 11.0 Å². The molecule has 0 aliphatic carbocycles. The molecule has 2 amide bonds. The summed E-state index contributed by atoms with van der Waals surface area (Å²) in [4.78, 5) is 27.8. The molecule has 1 heterocycles. The minimum Gasteiger partial charge on any atom is -0.454 e. The molecular formula is C24H30ClN3O6S. The van der Waals surface area contributed by atoms with Crippen molar-refractivity contribution in [3.8, 4) is 11.5 Å². The summed E-state index contributed by atoms with van der Waals surface area (Å²) in [6, 6.07) is 10.6. The van der Waals surface area contributed by atoms with Crippen LogP contribution in [0.3, 0.4) is 0 Å². The Hall–Kier alpha value is -2.98. The number of amides is 2. The average Bonchev–Trinajstić information content (AvgIpc) is 3.28. The van der Waals surface area contributed by atoms with Crippen LogP contribution in [0.25, 0.3) is 0 Å². The molecule has 1 aliphatic heterocycles. The van der Waals surface area contributed by atoms with E-state index in [1.54, 1.807) is 43.3 Å². The van der Waals surface area contributed by atoms with Crippen LogP contribution < -0.4 is 19.1 Å². The maximum Gasteiger partial charge on any atom is 0.244 e. The van der Waals surface area contributed by atoms with Gasteiger partial charge in [0, 0.05) is 23.7 Å². The first-order valence-electron chi connectivity index (χ1n) is 11.2. The van der Waals surface area contributed by atoms with Crippen LogP contribution in [0.5, 0.6) is 11.5 Å². The number of halogens is 1. The van der Waals surface area contributed by atoms with Gasteiger partial charge in [-0.25, -0.2) is 8.42 Å². The number of carbonyl (C=O) groups is 2. The molecule has 0 radical (unpaired) electrons. The van der Waals surface area contributed by atoms with E-state index < -0.39 is 28.5 Å². The van der Waals surface area contributed by atoms with Gasteiger partial charge in [0.25, 0.3) is 0 Å². The molecule has 0 bridgehead atoms. The number of carbonyl (C=O) groups excluding carboxylic acids is 2. The van der Waals surface area contributed by atoms with E-state index in [1.807, 2.05) is 13.8 Å². The number of anilines is 1. The molecule has 3 rings (SSSR count). The zero-order chi connectivity index (χ0) is 25.8. The maximum atomic E-state index is 13.5. The van der Waals surface area contributed by atoms with Gasteiger partial charge in [0.05, 0.1) is 11.9 Å². The fourth-order valence-corrected chi connectivity index (χ4v) is 4.46. The second kappa shape index (κ2) is 11.2. The summed E-state index contributed by atoms with van der Waals surface area (Å²) in [5.74, 6) is 0.0293. The Morgan fingerprint density at radius 3 is 2.37 bits per heavy atom. The zero-order valence-corrected chi connectivity index (χ0v) is 21.7. The highest BCUT2D eigenvalue weighted by Gasteiger charge is 2.31. The van der Waals surface area contributed by atoms with Crippen molar-refractivity contribution in [2.45, 2.75) is 45.8 Å². The molecule has 0 saturated heterocycles. The lowest BCUT2D eigenvalue weighted by molar-refractivity contribution is -0.139. The van der Waals surface area contributed by atoms with Crippen molar-refractivity contribution in [1.82, 2.24) is 10.2 Å². The van der Waals surface area contributed by atoms with E-state index in [2.05, 4.69) is 5.32 Å². The van der Waals surface area contributed by atoms with Crippen LogP contribution >= 0.6 is 11.6 Å². The molecule has 35 heavy (non-hydrogen) atoms. The molecule has 0 saturated carbocycles. The van der Waals surface area contributed by atoms with Crippen LogP contribution in [0.1, 0.15) is 32.8 Å². The summed E-state index contributed by atoms with van der Waals surface area (Å²) < 4.78 is 37.0. The number of sulfonamides is 1. The number of hydrogen-bond acceptors (Lipinski definition) is 6. The Morgan fingerprint density at radius 2 is 1.74 bits per heavy atom. The molecule has 190 valence electrons. The number of fused-ring (bicyclic) bond motifs is 1. The first kappa shape index (κ1) is 26.6. The normalized spacial score (nSPS) is 14.2. The van der Waals surface area contributed by atoms with E-state index in [0.29, 0.717) is 16.5 Å². The fourth-order valence-electron chi connectivity index (χ4n) is 3.49. The van der Waals surface area contributed by atoms with Crippen LogP contribution in [-0.4, -0.2) is 56.8 Å². The predicted molar refractivity (Wildman–Crippen MR) is 134 cm³/mol. The summed E-state index contributed by atoms with van der Waals surface area (Å²) in [6.07, 6.45) is 1.75. The lowest BCUT2D eigenvalue weighted by atomic mass is 10.1. The van der Waals surface area contributed by atoms with Gasteiger partial charge in [-0.05, 0) is 50.1 Å². The van der Waals surface area contributed by atoms with E-state index >= 15 is 0 Å². The van der Waals surface area contributed by atoms with Gasteiger partial charge in [0.15, 0.2) is 11.5 Å². The maximum absolute atomic E-state index is 13.5. The van der Waals surface area contributed by atoms with Gasteiger partial charge in [-0.2, -0.15) is 0 Å². The van der Waals surface area contributed by atoms with Gasteiger partial charge in [-0.15, -0.1) is 0 Å². The highest BCUT2D eigenvalue weighted by molar-refractivity contribution is 7.92. The summed E-state index contributed by atoms with van der Waals surface area (Å²) in [7, 11) is -3.84. The number of benzene rings is 2. The minimum absolute atomic E-state index is 0.0360. The van der Waals surface area contributed by atoms with Crippen LogP contribution in [0.15, 0.2) is 42.5 Å². The van der Waals surface area contributed by atoms with Crippen molar-refractivity contribution in [3.05, 3.63) is 53.1 Å². The van der Waals surface area contributed by atoms with E-state index in [0.717, 1.165) is 22.5 Å². The number of nitrogens with zero attached hydrogens (tertiary/aromatic N) is 2. The summed E-state index contributed by atoms with van der Waals surface area (Å²) in [6.45, 7) is 5.09. The quantitative estimate of drug-likeness (QED) is 0.513. The Morgan fingerprint density at radius 1 is 1.09 bits per heavy atom. The Bertz CT molecular complexity index is 1170. The predicted octanol–water partition coefficient (Wildman–Crippen LogP) is 3.17. The van der Waals surface area contributed by atoms with E-state index in [4.69, 9.17) is 21.1 Å². The molecule has 0 unspecified atom stereocenters. The third-order valence-corrected chi connectivity index (χ3v) is 7.15. The molecule has 1 N–H and O–H groups in total. The monoisotopic (exact) mass is 523 g/mol. The third kappa shape index (κ3) is 6.79. The second-order valence-electron chi connectivity index (χ2n) is 8.45. The Labute approximate surface area is 211 Å². The first-order valence-corrected chi connectivity index (χ1v) is 13.4. The van der Waals surface area contributed by atoms with Crippen LogP contribution in [0.2, 0.25) is 5.02 Å². The number of hydrogen-bond donors (Lipinski definition) is 1. The SMILES string of the molecule is CC[C@H](C)NC(=O)[C@H](C)N(Cc1ccc(Cl)cc1)C(=O)CN(c1ccc2c(c1)OCO2)S(C)(=O)=O. The summed E-state index contributed by atoms with van der Waals surface area (Å²) in [5, 5.41) is 3.43. The fraction of sp³-hybridized carbons (Fsp3) is 0.417. The number of ether oxygens (including phenoxy) is 2. The molecular weight excluding hydrogens is 494 g/mol. The zero-order valence-electron chi connectivity index (χ0n) is 20.2. The van der Waals surface area contributed by atoms with Crippen molar-refractivity contribution in [1.29, 1.82) is 0 Å². The van der Waals surface area contributed by atoms with E-state index in [9.17, 15) is 18.0 Å². The topological polar surface area (TPSA) is 105 Å². The lowest BCUT2D eigenvalue weighted by Crippen LogP contribution is -2.52. The van der Waals surface area contributed by atoms with Crippen LogP contribution in [0, 0.1) is 0 Å². The van der Waals surface area contributed by atoms with Crippen LogP contribution in [0.4, 0.5) is 5.69 Å². The molecule has 1 aliphatic rings. The summed E-state index contributed by atoms with van der Waals surface area (Å²) in [5.41, 5.74) is 1.01. The summed E-state index contributed by atoms with van der Waals surface area (Å²) >= 11 is 5.99. The first-order chi connectivity index (χ1) is 16.5. The molecule has 0 spiro atoms. The number of nitrogens with one attached hydrogen (secondary N) is 1. The van der Waals surface area contributed by atoms with Crippen molar-refractivity contribution < 1.29 is 27.5 Å². The lowest BCUT2D eigenvalue weighted by Gasteiger charge is -2.32. The molecule has 2 atom stereocenters. The smallest absolute Gasteiger partial charge is 0.244 e. The molecule has 2 aromatic carbocycles. The minimum atomic E-state index is -3.84. The molecule has 11 heteroatoms. The van der Waals surface area contributed by atoms with Gasteiger partial charge in [-0.3, -0.25) is 13.9 Å². The Balaban J connectivity index is 1.90. The number of rotatable bonds is 10. The molecule has 0 aromatic heterocycles. The molecule has 2 aromatic rings. The van der Waals surface area contributed by atoms with Crippen LogP contribution in [-0.2, 0) is 26.2 Å². The standard InChI is InChI=1S/C24H30ClN3O6S/c1-5-16(2)26-24(30)17(3)27(13-18-6-8-19(25)9-7-18)23(29)14-28(35(4,31)32)20-10-11-21-22(12-20)34-15-33-21/h6-12,16-17H,5,13-15H2,1-4H3,(H,26,30)/t16-,17-/m0/s1. The van der Waals surface area contributed by atoms with Crippen molar-refractivity contribution in [2.24, 2.45) is 0 Å². The highest BCUT2D eigenvalue weighted by Crippen LogP contribution is 2.36. The second-order valence-corrected chi connectivity index (χ2v) is 10.8. The highest BCUT2D eigenvalue weighted by atomic mass is 35.5. The Kier molecular flexibility index (Phi) is 8.50.